The van der Waals surface area contributed by atoms with E-state index in [9.17, 15) is 9.59 Å². The molecule has 0 aromatic heterocycles. The molecule has 0 amide bonds. The standard InChI is InChI=1S/C11H13Br3O4/c1-3-4-6(17-5(2)15)7-8(12)9(10(13)14)18-11(7)16/h6-8H,3-4H2,1-2H3/t6-,7+,8?/m1/s1. The molecule has 3 atom stereocenters. The van der Waals surface area contributed by atoms with Crippen molar-refractivity contribution in [3.8, 4) is 0 Å². The van der Waals surface area contributed by atoms with Gasteiger partial charge in [-0.1, -0.05) is 29.3 Å². The van der Waals surface area contributed by atoms with Gasteiger partial charge in [0.1, 0.15) is 21.2 Å². The van der Waals surface area contributed by atoms with Crippen LogP contribution in [0.1, 0.15) is 26.7 Å². The number of esters is 2. The van der Waals surface area contributed by atoms with Crippen LogP contribution in [0.25, 0.3) is 0 Å². The van der Waals surface area contributed by atoms with Crippen LogP contribution in [-0.2, 0) is 19.1 Å². The Bertz CT molecular complexity index is 376. The van der Waals surface area contributed by atoms with Crippen LogP contribution in [0.15, 0.2) is 9.15 Å². The average molecular weight is 449 g/mol. The number of hydrogen-bond donors (Lipinski definition) is 0. The van der Waals surface area contributed by atoms with Gasteiger partial charge in [0, 0.05) is 6.92 Å². The molecule has 102 valence electrons. The molecule has 0 aliphatic carbocycles. The van der Waals surface area contributed by atoms with E-state index >= 15 is 0 Å². The minimum absolute atomic E-state index is 0.311. The number of ether oxygens (including phenoxy) is 2. The molecule has 1 heterocycles. The minimum Gasteiger partial charge on any atom is -0.462 e. The number of halogens is 3. The molecule has 1 fully saturated rings. The largest absolute Gasteiger partial charge is 0.462 e. The van der Waals surface area contributed by atoms with Gasteiger partial charge in [-0.3, -0.25) is 9.59 Å². The molecule has 0 aromatic rings. The van der Waals surface area contributed by atoms with E-state index in [4.69, 9.17) is 9.47 Å². The van der Waals surface area contributed by atoms with Gasteiger partial charge >= 0.3 is 11.9 Å². The summed E-state index contributed by atoms with van der Waals surface area (Å²) in [6.07, 6.45) is 0.964. The molecule has 1 saturated heterocycles. The van der Waals surface area contributed by atoms with Crippen LogP contribution < -0.4 is 0 Å². The molecular weight excluding hydrogens is 436 g/mol. The van der Waals surface area contributed by atoms with Crippen molar-refractivity contribution in [3.05, 3.63) is 9.15 Å². The van der Waals surface area contributed by atoms with Crippen molar-refractivity contribution in [2.75, 3.05) is 0 Å². The highest BCUT2D eigenvalue weighted by atomic mass is 79.9. The minimum atomic E-state index is -0.519. The Balaban J connectivity index is 2.94. The Morgan fingerprint density at radius 2 is 2.11 bits per heavy atom. The van der Waals surface area contributed by atoms with E-state index in [2.05, 4.69) is 47.8 Å². The molecule has 1 aliphatic heterocycles. The molecule has 0 radical (unpaired) electrons. The van der Waals surface area contributed by atoms with Crippen LogP contribution in [0.3, 0.4) is 0 Å². The predicted octanol–water partition coefficient (Wildman–Crippen LogP) is 3.61. The third-order valence-electron chi connectivity index (χ3n) is 2.53. The van der Waals surface area contributed by atoms with Crippen LogP contribution >= 0.6 is 47.8 Å². The Hall–Kier alpha value is 0.120. The second kappa shape index (κ2) is 7.05. The highest BCUT2D eigenvalue weighted by Crippen LogP contribution is 2.40. The lowest BCUT2D eigenvalue weighted by Crippen LogP contribution is -2.33. The molecule has 1 aliphatic rings. The number of carbonyl (C=O) groups excluding carboxylic acids is 2. The fourth-order valence-corrected chi connectivity index (χ4v) is 3.96. The number of hydrogen-bond acceptors (Lipinski definition) is 4. The van der Waals surface area contributed by atoms with Crippen LogP contribution in [0.5, 0.6) is 0 Å². The fraction of sp³-hybridized carbons (Fsp3) is 0.636. The highest BCUT2D eigenvalue weighted by molar-refractivity contribution is 9.28. The van der Waals surface area contributed by atoms with E-state index in [-0.39, 0.29) is 10.8 Å². The SMILES string of the molecule is CCC[C@@H](OC(C)=O)[C@@H]1C(=O)OC(=C(Br)Br)C1Br. The van der Waals surface area contributed by atoms with Crippen molar-refractivity contribution in [3.63, 3.8) is 0 Å². The molecule has 7 heteroatoms. The molecule has 0 saturated carbocycles. The first-order valence-corrected chi connectivity index (χ1v) is 7.96. The molecular formula is C11H13Br3O4. The zero-order valence-corrected chi connectivity index (χ0v) is 14.7. The number of allylic oxidation sites excluding steroid dienone is 1. The Morgan fingerprint density at radius 1 is 1.50 bits per heavy atom. The lowest BCUT2D eigenvalue weighted by molar-refractivity contribution is -0.154. The first kappa shape index (κ1) is 16.2. The Labute approximate surface area is 131 Å². The quantitative estimate of drug-likeness (QED) is 0.487. The summed E-state index contributed by atoms with van der Waals surface area (Å²) in [7, 11) is 0. The maximum atomic E-state index is 11.9. The van der Waals surface area contributed by atoms with Crippen LogP contribution in [0.2, 0.25) is 0 Å². The number of cyclic esters (lactones) is 1. The summed E-state index contributed by atoms with van der Waals surface area (Å²) >= 11 is 9.85. The van der Waals surface area contributed by atoms with Crippen molar-refractivity contribution >= 4 is 59.7 Å². The Kier molecular flexibility index (Phi) is 6.34. The highest BCUT2D eigenvalue weighted by Gasteiger charge is 2.46. The number of rotatable bonds is 4. The maximum absolute atomic E-state index is 11.9. The second-order valence-corrected chi connectivity index (χ2v) is 7.55. The van der Waals surface area contributed by atoms with Gasteiger partial charge in [0.2, 0.25) is 0 Å². The van der Waals surface area contributed by atoms with Crippen molar-refractivity contribution < 1.29 is 19.1 Å². The van der Waals surface area contributed by atoms with E-state index in [1.54, 1.807) is 0 Å². The van der Waals surface area contributed by atoms with Gasteiger partial charge in [0.15, 0.2) is 0 Å². The number of carbonyl (C=O) groups is 2. The zero-order valence-electron chi connectivity index (χ0n) is 9.91. The molecule has 0 aromatic carbocycles. The molecule has 0 bridgehead atoms. The van der Waals surface area contributed by atoms with Gasteiger partial charge in [-0.05, 0) is 38.3 Å². The summed E-state index contributed by atoms with van der Waals surface area (Å²) in [5.41, 5.74) is 0. The van der Waals surface area contributed by atoms with Gasteiger partial charge in [0.25, 0.3) is 0 Å². The number of alkyl halides is 1. The third kappa shape index (κ3) is 3.81. The van der Waals surface area contributed by atoms with E-state index in [0.717, 1.165) is 6.42 Å². The van der Waals surface area contributed by atoms with Gasteiger partial charge in [-0.25, -0.2) is 0 Å². The molecule has 18 heavy (non-hydrogen) atoms. The van der Waals surface area contributed by atoms with Gasteiger partial charge < -0.3 is 9.47 Å². The van der Waals surface area contributed by atoms with Crippen molar-refractivity contribution in [2.24, 2.45) is 5.92 Å². The topological polar surface area (TPSA) is 52.6 Å². The maximum Gasteiger partial charge on any atom is 0.319 e. The zero-order chi connectivity index (χ0) is 13.9. The lowest BCUT2D eigenvalue weighted by Gasteiger charge is -2.21. The fourth-order valence-electron chi connectivity index (χ4n) is 1.81. The van der Waals surface area contributed by atoms with E-state index in [0.29, 0.717) is 15.6 Å². The second-order valence-electron chi connectivity index (χ2n) is 3.91. The van der Waals surface area contributed by atoms with Crippen LogP contribution in [0, 0.1) is 5.92 Å². The van der Waals surface area contributed by atoms with Crippen LogP contribution in [-0.4, -0.2) is 22.9 Å². The molecule has 4 nitrogen and oxygen atoms in total. The Morgan fingerprint density at radius 3 is 2.50 bits per heavy atom. The summed E-state index contributed by atoms with van der Waals surface area (Å²) in [6, 6.07) is 0. The first-order chi connectivity index (χ1) is 8.38. The van der Waals surface area contributed by atoms with Gasteiger partial charge in [0.05, 0.1) is 4.83 Å². The average Bonchev–Trinajstić information content (AvgIpc) is 2.53. The molecule has 0 N–H and O–H groups in total. The van der Waals surface area contributed by atoms with Crippen molar-refractivity contribution in [1.82, 2.24) is 0 Å². The lowest BCUT2D eigenvalue weighted by atomic mass is 9.96. The van der Waals surface area contributed by atoms with Crippen molar-refractivity contribution in [1.29, 1.82) is 0 Å². The van der Waals surface area contributed by atoms with Gasteiger partial charge in [-0.2, -0.15) is 0 Å². The summed E-state index contributed by atoms with van der Waals surface area (Å²) in [5, 5.41) is 0. The summed E-state index contributed by atoms with van der Waals surface area (Å²) in [6.45, 7) is 3.31. The summed E-state index contributed by atoms with van der Waals surface area (Å²) < 4.78 is 11.0. The smallest absolute Gasteiger partial charge is 0.319 e. The molecule has 1 rings (SSSR count). The van der Waals surface area contributed by atoms with E-state index < -0.39 is 18.0 Å². The first-order valence-electron chi connectivity index (χ1n) is 5.46. The third-order valence-corrected chi connectivity index (χ3v) is 4.29. The van der Waals surface area contributed by atoms with E-state index in [1.807, 2.05) is 6.92 Å². The van der Waals surface area contributed by atoms with E-state index in [1.165, 1.54) is 6.92 Å². The molecule has 1 unspecified atom stereocenters. The van der Waals surface area contributed by atoms with Crippen LogP contribution in [0.4, 0.5) is 0 Å². The summed E-state index contributed by atoms with van der Waals surface area (Å²) in [5.74, 6) is -0.827. The predicted molar refractivity (Wildman–Crippen MR) is 77.6 cm³/mol. The normalized spacial score (nSPS) is 24.7. The monoisotopic (exact) mass is 446 g/mol. The molecule has 0 spiro atoms. The van der Waals surface area contributed by atoms with Gasteiger partial charge in [-0.15, -0.1) is 0 Å². The summed E-state index contributed by atoms with van der Waals surface area (Å²) in [4.78, 5) is 22.7. The van der Waals surface area contributed by atoms with Crippen molar-refractivity contribution in [2.45, 2.75) is 37.6 Å².